The maximum Gasteiger partial charge on any atom is 0.137 e. The fraction of sp³-hybridized carbons (Fsp3) is 0.286. The molecule has 0 saturated heterocycles. The van der Waals surface area contributed by atoms with Crippen molar-refractivity contribution in [3.63, 3.8) is 0 Å². The average molecular weight is 350 g/mol. The van der Waals surface area contributed by atoms with Crippen molar-refractivity contribution in [3.05, 3.63) is 55.5 Å². The first-order valence-electron chi connectivity index (χ1n) is 6.04. The fourth-order valence-corrected chi connectivity index (χ4v) is 3.18. The van der Waals surface area contributed by atoms with Crippen LogP contribution in [0, 0.1) is 0 Å². The lowest BCUT2D eigenvalue weighted by atomic mass is 10.1. The van der Waals surface area contributed by atoms with Gasteiger partial charge in [-0.1, -0.05) is 66.3 Å². The molecule has 1 heterocycles. The van der Waals surface area contributed by atoms with Gasteiger partial charge in [-0.05, 0) is 23.6 Å². The predicted octanol–water partition coefficient (Wildman–Crippen LogP) is 5.80. The van der Waals surface area contributed by atoms with Crippen LogP contribution < -0.4 is 0 Å². The molecule has 0 saturated carbocycles. The van der Waals surface area contributed by atoms with E-state index in [-0.39, 0.29) is 5.92 Å². The second-order valence-corrected chi connectivity index (χ2v) is 6.26. The van der Waals surface area contributed by atoms with Crippen molar-refractivity contribution in [2.75, 3.05) is 0 Å². The van der Waals surface area contributed by atoms with Crippen molar-refractivity contribution in [2.45, 2.75) is 26.2 Å². The van der Waals surface area contributed by atoms with E-state index in [1.807, 2.05) is 19.9 Å². The van der Waals surface area contributed by atoms with Gasteiger partial charge in [-0.2, -0.15) is 0 Å². The van der Waals surface area contributed by atoms with Gasteiger partial charge >= 0.3 is 0 Å². The molecule has 0 spiro atoms. The molecule has 0 amide bonds. The molecule has 0 unspecified atom stereocenters. The van der Waals surface area contributed by atoms with Crippen LogP contribution in [0.2, 0.25) is 20.4 Å². The highest BCUT2D eigenvalue weighted by Crippen LogP contribution is 2.30. The first-order valence-corrected chi connectivity index (χ1v) is 7.55. The number of benzene rings is 1. The van der Waals surface area contributed by atoms with Crippen LogP contribution in [0.1, 0.15) is 36.7 Å². The van der Waals surface area contributed by atoms with Crippen molar-refractivity contribution in [3.8, 4) is 0 Å². The number of halogens is 4. The molecule has 0 aliphatic heterocycles. The first kappa shape index (κ1) is 15.8. The summed E-state index contributed by atoms with van der Waals surface area (Å²) in [4.78, 5) is 8.58. The van der Waals surface area contributed by atoms with Gasteiger partial charge in [0, 0.05) is 22.0 Å². The van der Waals surface area contributed by atoms with E-state index in [0.717, 1.165) is 11.1 Å². The fourth-order valence-electron chi connectivity index (χ4n) is 1.85. The lowest BCUT2D eigenvalue weighted by molar-refractivity contribution is 0.830. The van der Waals surface area contributed by atoms with E-state index in [4.69, 9.17) is 46.4 Å². The Kier molecular flexibility index (Phi) is 5.14. The lowest BCUT2D eigenvalue weighted by Crippen LogP contribution is -2.03. The molecular weight excluding hydrogens is 338 g/mol. The molecule has 2 rings (SSSR count). The highest BCUT2D eigenvalue weighted by atomic mass is 35.5. The third kappa shape index (κ3) is 3.56. The molecule has 0 aliphatic carbocycles. The Morgan fingerprint density at radius 1 is 1.00 bits per heavy atom. The van der Waals surface area contributed by atoms with Crippen LogP contribution in [0.3, 0.4) is 0 Å². The quantitative estimate of drug-likeness (QED) is 0.654. The maximum absolute atomic E-state index is 6.17. The SMILES string of the molecule is CC(C)c1c(Cl)nc(Cc2ccc(Cl)cc2Cl)nc1Cl. The van der Waals surface area contributed by atoms with Gasteiger partial charge in [-0.3, -0.25) is 0 Å². The molecule has 1 aromatic carbocycles. The van der Waals surface area contributed by atoms with Gasteiger partial charge in [-0.25, -0.2) is 9.97 Å². The summed E-state index contributed by atoms with van der Waals surface area (Å²) in [5.74, 6) is 0.705. The summed E-state index contributed by atoms with van der Waals surface area (Å²) in [6.45, 7) is 3.98. The van der Waals surface area contributed by atoms with Crippen LogP contribution in [0.15, 0.2) is 18.2 Å². The Morgan fingerprint density at radius 2 is 1.60 bits per heavy atom. The molecule has 0 N–H and O–H groups in total. The monoisotopic (exact) mass is 348 g/mol. The van der Waals surface area contributed by atoms with Crippen molar-refractivity contribution in [1.82, 2.24) is 9.97 Å². The Morgan fingerprint density at radius 3 is 2.10 bits per heavy atom. The minimum Gasteiger partial charge on any atom is -0.220 e. The summed E-state index contributed by atoms with van der Waals surface area (Å²) in [6, 6.07) is 5.30. The zero-order chi connectivity index (χ0) is 14.9. The summed E-state index contributed by atoms with van der Waals surface area (Å²) in [5, 5.41) is 1.94. The standard InChI is InChI=1S/C14H12Cl4N2/c1-7(2)12-13(17)19-11(20-14(12)18)5-8-3-4-9(15)6-10(8)16/h3-4,6-7H,5H2,1-2H3. The highest BCUT2D eigenvalue weighted by molar-refractivity contribution is 6.35. The Bertz CT molecular complexity index is 618. The van der Waals surface area contributed by atoms with Crippen molar-refractivity contribution in [1.29, 1.82) is 0 Å². The Balaban J connectivity index is 2.35. The molecule has 0 bridgehead atoms. The van der Waals surface area contributed by atoms with E-state index in [1.165, 1.54) is 0 Å². The third-order valence-corrected chi connectivity index (χ3v) is 4.00. The maximum atomic E-state index is 6.17. The number of rotatable bonds is 3. The highest BCUT2D eigenvalue weighted by Gasteiger charge is 2.15. The van der Waals surface area contributed by atoms with Gasteiger partial charge in [0.2, 0.25) is 0 Å². The average Bonchev–Trinajstić information content (AvgIpc) is 2.31. The molecule has 106 valence electrons. The van der Waals surface area contributed by atoms with Crippen molar-refractivity contribution in [2.24, 2.45) is 0 Å². The first-order chi connectivity index (χ1) is 9.38. The minimum atomic E-state index is 0.170. The molecule has 6 heteroatoms. The van der Waals surface area contributed by atoms with E-state index in [2.05, 4.69) is 9.97 Å². The van der Waals surface area contributed by atoms with Crippen molar-refractivity contribution >= 4 is 46.4 Å². The number of hydrogen-bond donors (Lipinski definition) is 0. The van der Waals surface area contributed by atoms with Gasteiger partial charge in [0.15, 0.2) is 0 Å². The Labute approximate surface area is 138 Å². The van der Waals surface area contributed by atoms with E-state index in [0.29, 0.717) is 32.6 Å². The number of nitrogens with zero attached hydrogens (tertiary/aromatic N) is 2. The van der Waals surface area contributed by atoms with Crippen LogP contribution in [0.25, 0.3) is 0 Å². The number of aromatic nitrogens is 2. The summed E-state index contributed by atoms with van der Waals surface area (Å²) < 4.78 is 0. The van der Waals surface area contributed by atoms with Crippen LogP contribution in [0.5, 0.6) is 0 Å². The molecule has 20 heavy (non-hydrogen) atoms. The molecule has 0 aliphatic rings. The Hall–Kier alpha value is -0.540. The summed E-state index contributed by atoms with van der Waals surface area (Å²) in [5.41, 5.74) is 1.64. The molecular formula is C14H12Cl4N2. The number of hydrogen-bond acceptors (Lipinski definition) is 2. The van der Waals surface area contributed by atoms with E-state index < -0.39 is 0 Å². The van der Waals surface area contributed by atoms with E-state index in [9.17, 15) is 0 Å². The minimum absolute atomic E-state index is 0.170. The van der Waals surface area contributed by atoms with Crippen LogP contribution in [-0.4, -0.2) is 9.97 Å². The largest absolute Gasteiger partial charge is 0.220 e. The summed E-state index contributed by atoms with van der Waals surface area (Å²) in [7, 11) is 0. The molecule has 2 nitrogen and oxygen atoms in total. The zero-order valence-corrected chi connectivity index (χ0v) is 13.9. The topological polar surface area (TPSA) is 25.8 Å². The van der Waals surface area contributed by atoms with Gasteiger partial charge in [0.05, 0.1) is 0 Å². The van der Waals surface area contributed by atoms with E-state index in [1.54, 1.807) is 12.1 Å². The molecule has 2 aromatic rings. The second-order valence-electron chi connectivity index (χ2n) is 4.70. The van der Waals surface area contributed by atoms with Crippen LogP contribution in [-0.2, 0) is 6.42 Å². The van der Waals surface area contributed by atoms with Gasteiger partial charge in [0.25, 0.3) is 0 Å². The second kappa shape index (κ2) is 6.48. The smallest absolute Gasteiger partial charge is 0.137 e. The third-order valence-electron chi connectivity index (χ3n) is 2.84. The molecule has 0 radical (unpaired) electrons. The van der Waals surface area contributed by atoms with Gasteiger partial charge < -0.3 is 0 Å². The zero-order valence-electron chi connectivity index (χ0n) is 10.9. The summed E-state index contributed by atoms with van der Waals surface area (Å²) in [6.07, 6.45) is 0.452. The predicted molar refractivity (Wildman–Crippen MR) is 85.4 cm³/mol. The molecule has 1 aromatic heterocycles. The van der Waals surface area contributed by atoms with Crippen LogP contribution >= 0.6 is 46.4 Å². The van der Waals surface area contributed by atoms with Gasteiger partial charge in [-0.15, -0.1) is 0 Å². The van der Waals surface area contributed by atoms with Crippen LogP contribution in [0.4, 0.5) is 0 Å². The normalized spacial score (nSPS) is 11.2. The molecule has 0 atom stereocenters. The van der Waals surface area contributed by atoms with Crippen molar-refractivity contribution < 1.29 is 0 Å². The summed E-state index contributed by atoms with van der Waals surface area (Å²) >= 11 is 24.3. The molecule has 0 fully saturated rings. The lowest BCUT2D eigenvalue weighted by Gasteiger charge is -2.11. The van der Waals surface area contributed by atoms with Gasteiger partial charge in [0.1, 0.15) is 16.1 Å². The van der Waals surface area contributed by atoms with E-state index >= 15 is 0 Å².